The lowest BCUT2D eigenvalue weighted by molar-refractivity contribution is -0.137. The first-order valence-electron chi connectivity index (χ1n) is 8.96. The number of anilines is 2. The Bertz CT molecular complexity index is 760. The van der Waals surface area contributed by atoms with E-state index in [1.807, 2.05) is 0 Å². The molecule has 0 N–H and O–H groups in total. The van der Waals surface area contributed by atoms with Crippen LogP contribution in [0.4, 0.5) is 24.7 Å². The molecule has 8 heteroatoms. The molecular formula is C19H22F3N3O2. The summed E-state index contributed by atoms with van der Waals surface area (Å²) in [6, 6.07) is 6.87. The van der Waals surface area contributed by atoms with E-state index in [1.165, 1.54) is 24.8 Å². The molecule has 0 radical (unpaired) electrons. The van der Waals surface area contributed by atoms with Gasteiger partial charge in [-0.05, 0) is 56.9 Å². The van der Waals surface area contributed by atoms with Gasteiger partial charge in [0.05, 0.1) is 12.7 Å². The molecule has 27 heavy (non-hydrogen) atoms. The maximum absolute atomic E-state index is 13.4. The third-order valence-electron chi connectivity index (χ3n) is 4.47. The third-order valence-corrected chi connectivity index (χ3v) is 4.47. The minimum absolute atomic E-state index is 0.0893. The Morgan fingerprint density at radius 3 is 2.41 bits per heavy atom. The maximum atomic E-state index is 13.4. The maximum Gasteiger partial charge on any atom is 0.421 e. The second kappa shape index (κ2) is 8.02. The summed E-state index contributed by atoms with van der Waals surface area (Å²) in [6.07, 6.45) is 0.820. The van der Waals surface area contributed by atoms with E-state index < -0.39 is 11.7 Å². The van der Waals surface area contributed by atoms with Gasteiger partial charge in [-0.3, -0.25) is 0 Å². The molecular weight excluding hydrogens is 359 g/mol. The Balaban J connectivity index is 1.85. The zero-order chi connectivity index (χ0) is 19.4. The summed E-state index contributed by atoms with van der Waals surface area (Å²) >= 11 is 0. The van der Waals surface area contributed by atoms with Crippen molar-refractivity contribution in [2.24, 2.45) is 0 Å². The fourth-order valence-corrected chi connectivity index (χ4v) is 3.08. The number of benzene rings is 1. The highest BCUT2D eigenvalue weighted by Crippen LogP contribution is 2.38. The lowest BCUT2D eigenvalue weighted by Gasteiger charge is -2.23. The second-order valence-electron chi connectivity index (χ2n) is 6.40. The summed E-state index contributed by atoms with van der Waals surface area (Å²) in [5.74, 6) is 0.457. The van der Waals surface area contributed by atoms with Crippen LogP contribution in [-0.2, 0) is 6.18 Å². The van der Waals surface area contributed by atoms with Gasteiger partial charge < -0.3 is 14.4 Å². The summed E-state index contributed by atoms with van der Waals surface area (Å²) in [5.41, 5.74) is -0.361. The van der Waals surface area contributed by atoms with Crippen LogP contribution in [0, 0.1) is 0 Å². The molecule has 1 aromatic heterocycles. The van der Waals surface area contributed by atoms with Gasteiger partial charge in [-0.15, -0.1) is 0 Å². The highest BCUT2D eigenvalue weighted by atomic mass is 19.4. The van der Waals surface area contributed by atoms with Gasteiger partial charge in [-0.1, -0.05) is 0 Å². The highest BCUT2D eigenvalue weighted by molar-refractivity contribution is 5.63. The molecule has 0 amide bonds. The Morgan fingerprint density at radius 1 is 1.15 bits per heavy atom. The summed E-state index contributed by atoms with van der Waals surface area (Å²) in [6.45, 7) is 1.98. The van der Waals surface area contributed by atoms with Gasteiger partial charge in [-0.25, -0.2) is 4.98 Å². The zero-order valence-electron chi connectivity index (χ0n) is 15.3. The molecule has 5 nitrogen and oxygen atoms in total. The quantitative estimate of drug-likeness (QED) is 0.706. The van der Waals surface area contributed by atoms with E-state index in [1.54, 1.807) is 31.2 Å². The third kappa shape index (κ3) is 4.61. The fraction of sp³-hybridized carbons (Fsp3) is 0.474. The summed E-state index contributed by atoms with van der Waals surface area (Å²) in [5, 5.41) is 0. The van der Waals surface area contributed by atoms with Crippen LogP contribution >= 0.6 is 0 Å². The van der Waals surface area contributed by atoms with Crippen LogP contribution in [0.5, 0.6) is 11.8 Å². The molecule has 146 valence electrons. The number of halogens is 3. The number of nitrogens with zero attached hydrogens (tertiary/aromatic N) is 3. The minimum atomic E-state index is -4.57. The summed E-state index contributed by atoms with van der Waals surface area (Å²) in [4.78, 5) is 8.96. The smallest absolute Gasteiger partial charge is 0.421 e. The van der Waals surface area contributed by atoms with Crippen molar-refractivity contribution in [2.45, 2.75) is 44.9 Å². The molecule has 1 aromatic carbocycles. The van der Waals surface area contributed by atoms with Gasteiger partial charge in [0.1, 0.15) is 11.3 Å². The lowest BCUT2D eigenvalue weighted by atomic mass is 10.2. The Kier molecular flexibility index (Phi) is 5.72. The Morgan fingerprint density at radius 2 is 1.81 bits per heavy atom. The number of ether oxygens (including phenoxy) is 2. The Hall–Kier alpha value is -2.51. The average molecular weight is 381 g/mol. The van der Waals surface area contributed by atoms with Crippen LogP contribution < -0.4 is 14.4 Å². The van der Waals surface area contributed by atoms with Crippen molar-refractivity contribution in [3.63, 3.8) is 0 Å². The summed E-state index contributed by atoms with van der Waals surface area (Å²) in [7, 11) is 1.53. The van der Waals surface area contributed by atoms with Crippen molar-refractivity contribution in [3.8, 4) is 11.8 Å². The molecule has 0 spiro atoms. The van der Waals surface area contributed by atoms with E-state index >= 15 is 0 Å². The van der Waals surface area contributed by atoms with Crippen molar-refractivity contribution in [3.05, 3.63) is 36.0 Å². The predicted molar refractivity (Wildman–Crippen MR) is 95.6 cm³/mol. The predicted octanol–water partition coefficient (Wildman–Crippen LogP) is 4.98. The molecule has 3 rings (SSSR count). The van der Waals surface area contributed by atoms with Gasteiger partial charge in [0.15, 0.2) is 5.82 Å². The van der Waals surface area contributed by atoms with E-state index in [-0.39, 0.29) is 24.5 Å². The first-order valence-corrected chi connectivity index (χ1v) is 8.96. The van der Waals surface area contributed by atoms with Gasteiger partial charge in [0, 0.05) is 18.9 Å². The average Bonchev–Trinajstić information content (AvgIpc) is 3.14. The van der Waals surface area contributed by atoms with E-state index in [4.69, 9.17) is 9.47 Å². The van der Waals surface area contributed by atoms with Crippen molar-refractivity contribution >= 4 is 11.5 Å². The fourth-order valence-electron chi connectivity index (χ4n) is 3.08. The zero-order valence-corrected chi connectivity index (χ0v) is 15.3. The standard InChI is InChI=1S/C19H22F3N3O2/c1-3-26-18-23-12-16(19(20,21)22)17(24-18)25(2)13-8-10-15(11-9-13)27-14-6-4-5-7-14/h8-12,14H,3-7H2,1-2H3. The van der Waals surface area contributed by atoms with Gasteiger partial charge in [0.2, 0.25) is 0 Å². The van der Waals surface area contributed by atoms with Crippen molar-refractivity contribution in [1.29, 1.82) is 0 Å². The molecule has 1 aliphatic rings. The molecule has 0 saturated heterocycles. The van der Waals surface area contributed by atoms with Crippen LogP contribution in [0.25, 0.3) is 0 Å². The van der Waals surface area contributed by atoms with Gasteiger partial charge in [-0.2, -0.15) is 18.2 Å². The largest absolute Gasteiger partial charge is 0.490 e. The molecule has 1 aliphatic carbocycles. The van der Waals surface area contributed by atoms with E-state index in [2.05, 4.69) is 9.97 Å². The molecule has 0 atom stereocenters. The molecule has 2 aromatic rings. The van der Waals surface area contributed by atoms with Crippen LogP contribution in [-0.4, -0.2) is 29.7 Å². The normalized spacial score (nSPS) is 15.0. The van der Waals surface area contributed by atoms with Crippen LogP contribution in [0.1, 0.15) is 38.2 Å². The summed E-state index contributed by atoms with van der Waals surface area (Å²) < 4.78 is 51.2. The molecule has 1 fully saturated rings. The molecule has 0 aliphatic heterocycles. The van der Waals surface area contributed by atoms with Crippen LogP contribution in [0.2, 0.25) is 0 Å². The SMILES string of the molecule is CCOc1ncc(C(F)(F)F)c(N(C)c2ccc(OC3CCCC3)cc2)n1. The first-order chi connectivity index (χ1) is 12.9. The van der Waals surface area contributed by atoms with E-state index in [0.717, 1.165) is 19.0 Å². The second-order valence-corrected chi connectivity index (χ2v) is 6.40. The van der Waals surface area contributed by atoms with Gasteiger partial charge in [0.25, 0.3) is 0 Å². The van der Waals surface area contributed by atoms with Crippen molar-refractivity contribution in [2.75, 3.05) is 18.6 Å². The molecule has 0 unspecified atom stereocenters. The van der Waals surface area contributed by atoms with E-state index in [9.17, 15) is 13.2 Å². The lowest BCUT2D eigenvalue weighted by Crippen LogP contribution is -2.19. The number of alkyl halides is 3. The minimum Gasteiger partial charge on any atom is -0.490 e. The number of hydrogen-bond donors (Lipinski definition) is 0. The monoisotopic (exact) mass is 381 g/mol. The number of rotatable bonds is 6. The molecule has 0 bridgehead atoms. The topological polar surface area (TPSA) is 47.5 Å². The highest BCUT2D eigenvalue weighted by Gasteiger charge is 2.36. The van der Waals surface area contributed by atoms with Crippen molar-refractivity contribution < 1.29 is 22.6 Å². The Labute approximate surface area is 156 Å². The first kappa shape index (κ1) is 19.3. The van der Waals surface area contributed by atoms with Crippen LogP contribution in [0.3, 0.4) is 0 Å². The van der Waals surface area contributed by atoms with E-state index in [0.29, 0.717) is 11.4 Å². The van der Waals surface area contributed by atoms with Gasteiger partial charge >= 0.3 is 12.2 Å². The van der Waals surface area contributed by atoms with Crippen molar-refractivity contribution in [1.82, 2.24) is 9.97 Å². The number of hydrogen-bond acceptors (Lipinski definition) is 5. The molecule has 1 saturated carbocycles. The molecule has 1 heterocycles. The van der Waals surface area contributed by atoms with Crippen LogP contribution in [0.15, 0.2) is 30.5 Å². The number of aromatic nitrogens is 2.